The van der Waals surface area contributed by atoms with Crippen LogP contribution in [0.3, 0.4) is 0 Å². The van der Waals surface area contributed by atoms with Gasteiger partial charge in [0.25, 0.3) is 6.43 Å². The zero-order valence-electron chi connectivity index (χ0n) is 19.9. The minimum atomic E-state index is -2.82. The zero-order valence-corrected chi connectivity index (χ0v) is 19.9. The first-order valence-electron chi connectivity index (χ1n) is 12.1. The Labute approximate surface area is 209 Å². The molecule has 1 aliphatic heterocycles. The predicted molar refractivity (Wildman–Crippen MR) is 130 cm³/mol. The number of hydrogen-bond acceptors (Lipinski definition) is 7. The maximum atomic E-state index is 13.7. The molecule has 1 saturated carbocycles. The molecule has 1 saturated heterocycles. The number of rotatable bonds is 5. The van der Waals surface area contributed by atoms with E-state index in [1.807, 2.05) is 18.3 Å². The summed E-state index contributed by atoms with van der Waals surface area (Å²) < 4.78 is 48.1. The van der Waals surface area contributed by atoms with Crippen LogP contribution in [0.2, 0.25) is 0 Å². The molecule has 4 aromatic heterocycles. The average molecular weight is 512 g/mol. The van der Waals surface area contributed by atoms with Crippen LogP contribution in [-0.2, 0) is 9.53 Å². The molecular formula is C25H24F3N7O2. The van der Waals surface area contributed by atoms with E-state index in [1.54, 1.807) is 4.52 Å². The second kappa shape index (κ2) is 9.25. The van der Waals surface area contributed by atoms with E-state index in [2.05, 4.69) is 37.2 Å². The maximum Gasteiger partial charge on any atom is 0.281 e. The quantitative estimate of drug-likeness (QED) is 0.429. The first-order valence-corrected chi connectivity index (χ1v) is 12.1. The largest absolute Gasteiger partial charge is 0.377 e. The van der Waals surface area contributed by atoms with Crippen LogP contribution < -0.4 is 10.2 Å². The molecule has 0 unspecified atom stereocenters. The van der Waals surface area contributed by atoms with E-state index in [1.165, 1.54) is 18.5 Å². The van der Waals surface area contributed by atoms with Crippen molar-refractivity contribution in [1.29, 1.82) is 0 Å². The molecule has 2 aliphatic rings. The highest BCUT2D eigenvalue weighted by molar-refractivity contribution is 6.00. The van der Waals surface area contributed by atoms with E-state index >= 15 is 0 Å². The van der Waals surface area contributed by atoms with Crippen LogP contribution in [0.5, 0.6) is 0 Å². The van der Waals surface area contributed by atoms with Crippen molar-refractivity contribution in [2.45, 2.75) is 38.5 Å². The lowest BCUT2D eigenvalue weighted by atomic mass is 10.1. The highest BCUT2D eigenvalue weighted by Gasteiger charge is 2.43. The van der Waals surface area contributed by atoms with Crippen molar-refractivity contribution in [3.05, 3.63) is 42.5 Å². The van der Waals surface area contributed by atoms with Crippen LogP contribution in [0.1, 0.15) is 31.9 Å². The van der Waals surface area contributed by atoms with Crippen molar-refractivity contribution in [3.63, 3.8) is 0 Å². The molecular weight excluding hydrogens is 487 g/mol. The van der Waals surface area contributed by atoms with Crippen LogP contribution in [0, 0.1) is 5.92 Å². The molecule has 0 aromatic carbocycles. The van der Waals surface area contributed by atoms with Gasteiger partial charge in [-0.05, 0) is 38.0 Å². The Morgan fingerprint density at radius 2 is 2.03 bits per heavy atom. The molecule has 4 aromatic rings. The van der Waals surface area contributed by atoms with Crippen molar-refractivity contribution >= 4 is 33.8 Å². The molecule has 1 amide bonds. The zero-order chi connectivity index (χ0) is 25.7. The van der Waals surface area contributed by atoms with E-state index in [0.29, 0.717) is 23.2 Å². The third-order valence-corrected chi connectivity index (χ3v) is 6.80. The molecule has 192 valence electrons. The summed E-state index contributed by atoms with van der Waals surface area (Å²) in [6, 6.07) is 5.29. The molecule has 3 atom stereocenters. The van der Waals surface area contributed by atoms with Gasteiger partial charge in [0.15, 0.2) is 11.5 Å². The highest BCUT2D eigenvalue weighted by atomic mass is 19.3. The lowest BCUT2D eigenvalue weighted by Crippen LogP contribution is -2.26. The van der Waals surface area contributed by atoms with E-state index in [9.17, 15) is 18.0 Å². The summed E-state index contributed by atoms with van der Waals surface area (Å²) in [5.74, 6) is -0.777. The van der Waals surface area contributed by atoms with Crippen LogP contribution >= 0.6 is 0 Å². The van der Waals surface area contributed by atoms with Gasteiger partial charge in [-0.25, -0.2) is 27.7 Å². The average Bonchev–Trinajstić information content (AvgIpc) is 3.53. The Morgan fingerprint density at radius 3 is 2.81 bits per heavy atom. The molecule has 5 heterocycles. The second-order valence-electron chi connectivity index (χ2n) is 9.40. The number of alkyl halides is 3. The van der Waals surface area contributed by atoms with Crippen molar-refractivity contribution in [1.82, 2.24) is 24.6 Å². The third kappa shape index (κ3) is 4.57. The van der Waals surface area contributed by atoms with Gasteiger partial charge in [0, 0.05) is 41.8 Å². The van der Waals surface area contributed by atoms with Gasteiger partial charge in [0.2, 0.25) is 5.91 Å². The number of anilines is 2. The van der Waals surface area contributed by atoms with Gasteiger partial charge in [-0.2, -0.15) is 0 Å². The van der Waals surface area contributed by atoms with Gasteiger partial charge < -0.3 is 15.0 Å². The summed E-state index contributed by atoms with van der Waals surface area (Å²) in [4.78, 5) is 27.1. The fraction of sp³-hybridized carbons (Fsp3) is 0.400. The van der Waals surface area contributed by atoms with E-state index in [-0.39, 0.29) is 29.6 Å². The number of carbonyl (C=O) groups is 1. The molecule has 1 aliphatic carbocycles. The number of ether oxygens (including phenoxy) is 1. The third-order valence-electron chi connectivity index (χ3n) is 6.80. The van der Waals surface area contributed by atoms with E-state index in [0.717, 1.165) is 25.2 Å². The highest BCUT2D eigenvalue weighted by Crippen LogP contribution is 2.36. The fourth-order valence-electron chi connectivity index (χ4n) is 4.56. The molecule has 12 heteroatoms. The standard InChI is InChI=1S/C25H24F3N7O2/c1-13-4-5-34(6-7-37-13)14-2-3-21-32-24(33-35(21)12-14)18-11-30-22(23(27)28)17-10-29-20(9-15(17)18)31-25(36)16-8-19(16)26/h2-3,9-13,16,19,23H,4-8H2,1H3,(H,29,31,36)/t13-,16+,19-/m0/s1. The molecule has 37 heavy (non-hydrogen) atoms. The molecule has 0 radical (unpaired) electrons. The number of fused-ring (bicyclic) bond motifs is 2. The second-order valence-corrected chi connectivity index (χ2v) is 9.40. The number of carbonyl (C=O) groups excluding carboxylic acids is 1. The Hall–Kier alpha value is -3.80. The minimum Gasteiger partial charge on any atom is -0.377 e. The van der Waals surface area contributed by atoms with E-state index < -0.39 is 30.1 Å². The van der Waals surface area contributed by atoms with Gasteiger partial charge in [-0.15, -0.1) is 5.10 Å². The first-order chi connectivity index (χ1) is 17.9. The normalized spacial score (nSPS) is 22.0. The van der Waals surface area contributed by atoms with Crippen molar-refractivity contribution in [3.8, 4) is 11.4 Å². The summed E-state index contributed by atoms with van der Waals surface area (Å²) in [5.41, 5.74) is 1.53. The topological polar surface area (TPSA) is 97.5 Å². The van der Waals surface area contributed by atoms with E-state index in [4.69, 9.17) is 4.74 Å². The smallest absolute Gasteiger partial charge is 0.281 e. The van der Waals surface area contributed by atoms with Crippen LogP contribution in [-0.4, -0.2) is 62.4 Å². The summed E-state index contributed by atoms with van der Waals surface area (Å²) in [6.45, 7) is 4.30. The lowest BCUT2D eigenvalue weighted by Gasteiger charge is -2.21. The molecule has 6 rings (SSSR count). The van der Waals surface area contributed by atoms with Gasteiger partial charge in [0.05, 0.1) is 30.5 Å². The monoisotopic (exact) mass is 511 g/mol. The van der Waals surface area contributed by atoms with Crippen molar-refractivity contribution in [2.24, 2.45) is 5.92 Å². The van der Waals surface area contributed by atoms with Crippen molar-refractivity contribution in [2.75, 3.05) is 29.9 Å². The summed E-state index contributed by atoms with van der Waals surface area (Å²) in [7, 11) is 0. The van der Waals surface area contributed by atoms with Crippen LogP contribution in [0.25, 0.3) is 27.8 Å². The Kier molecular flexibility index (Phi) is 5.90. The summed E-state index contributed by atoms with van der Waals surface area (Å²) >= 11 is 0. The number of nitrogens with zero attached hydrogens (tertiary/aromatic N) is 6. The fourth-order valence-corrected chi connectivity index (χ4v) is 4.56. The predicted octanol–water partition coefficient (Wildman–Crippen LogP) is 4.19. The number of hydrogen-bond donors (Lipinski definition) is 1. The molecule has 9 nitrogen and oxygen atoms in total. The molecule has 2 fully saturated rings. The number of pyridine rings is 3. The van der Waals surface area contributed by atoms with Crippen LogP contribution in [0.4, 0.5) is 24.7 Å². The number of aromatic nitrogens is 5. The molecule has 0 spiro atoms. The summed E-state index contributed by atoms with van der Waals surface area (Å²) in [5, 5.41) is 7.66. The minimum absolute atomic E-state index is 0.124. The Balaban J connectivity index is 1.38. The maximum absolute atomic E-state index is 13.7. The SMILES string of the molecule is C[C@H]1CCN(c2ccc3nc(-c4cnc(C(F)F)c5cnc(NC(=O)[C@@H]6C[C@@H]6F)cc45)nn3c2)CCO1. The lowest BCUT2D eigenvalue weighted by molar-refractivity contribution is -0.117. The summed E-state index contributed by atoms with van der Waals surface area (Å²) in [6.07, 6.45) is 1.71. The van der Waals surface area contributed by atoms with Crippen LogP contribution in [0.15, 0.2) is 36.8 Å². The molecule has 1 N–H and O–H groups in total. The Morgan fingerprint density at radius 1 is 1.19 bits per heavy atom. The first kappa shape index (κ1) is 23.6. The Bertz CT molecular complexity index is 1490. The van der Waals surface area contributed by atoms with Gasteiger partial charge in [-0.3, -0.25) is 9.78 Å². The number of amides is 1. The number of halogens is 3. The van der Waals surface area contributed by atoms with Crippen molar-refractivity contribution < 1.29 is 22.7 Å². The van der Waals surface area contributed by atoms with Gasteiger partial charge in [0.1, 0.15) is 17.7 Å². The molecule has 0 bridgehead atoms. The van der Waals surface area contributed by atoms with Gasteiger partial charge in [-0.1, -0.05) is 0 Å². The number of nitrogens with one attached hydrogen (secondary N) is 1. The van der Waals surface area contributed by atoms with Gasteiger partial charge >= 0.3 is 0 Å².